The van der Waals surface area contributed by atoms with E-state index in [2.05, 4.69) is 26.0 Å². The van der Waals surface area contributed by atoms with Gasteiger partial charge in [0.15, 0.2) is 0 Å². The first-order valence-corrected chi connectivity index (χ1v) is 8.44. The van der Waals surface area contributed by atoms with Crippen molar-refractivity contribution in [1.82, 2.24) is 0 Å². The second kappa shape index (κ2) is 6.99. The SMILES string of the molecule is C/C1=C\[C@H]2OC(=O)/C(=C\c3ccccc3)[C@@H]2CC/C(C)=C/CC1. The molecule has 0 saturated carbocycles. The van der Waals surface area contributed by atoms with Gasteiger partial charge in [-0.2, -0.15) is 0 Å². The summed E-state index contributed by atoms with van der Waals surface area (Å²) in [5, 5.41) is 0. The summed E-state index contributed by atoms with van der Waals surface area (Å²) < 4.78 is 5.68. The number of carbonyl (C=O) groups is 1. The van der Waals surface area contributed by atoms with Crippen LogP contribution in [-0.4, -0.2) is 12.1 Å². The van der Waals surface area contributed by atoms with Crippen molar-refractivity contribution in [2.75, 3.05) is 0 Å². The van der Waals surface area contributed by atoms with Gasteiger partial charge in [-0.1, -0.05) is 47.6 Å². The normalized spacial score (nSPS) is 31.6. The third-order valence-corrected chi connectivity index (χ3v) is 4.73. The van der Waals surface area contributed by atoms with E-state index < -0.39 is 0 Å². The highest BCUT2D eigenvalue weighted by Crippen LogP contribution is 2.36. The molecule has 120 valence electrons. The zero-order chi connectivity index (χ0) is 16.2. The van der Waals surface area contributed by atoms with Gasteiger partial charge in [-0.05, 0) is 57.2 Å². The molecule has 2 heteroatoms. The Balaban J connectivity index is 1.94. The number of ether oxygens (including phenoxy) is 1. The fourth-order valence-corrected chi connectivity index (χ4v) is 3.36. The van der Waals surface area contributed by atoms with Gasteiger partial charge in [0.2, 0.25) is 0 Å². The Hall–Kier alpha value is -2.09. The van der Waals surface area contributed by atoms with Gasteiger partial charge in [0, 0.05) is 11.5 Å². The first-order chi connectivity index (χ1) is 11.1. The van der Waals surface area contributed by atoms with E-state index in [1.807, 2.05) is 36.4 Å². The number of carbonyl (C=O) groups excluding carboxylic acids is 1. The summed E-state index contributed by atoms with van der Waals surface area (Å²) >= 11 is 0. The smallest absolute Gasteiger partial charge is 0.335 e. The molecule has 0 unspecified atom stereocenters. The Labute approximate surface area is 138 Å². The summed E-state index contributed by atoms with van der Waals surface area (Å²) in [4.78, 5) is 12.4. The molecule has 0 aromatic heterocycles. The van der Waals surface area contributed by atoms with Crippen molar-refractivity contribution in [3.8, 4) is 0 Å². The van der Waals surface area contributed by atoms with E-state index in [1.54, 1.807) is 0 Å². The zero-order valence-corrected chi connectivity index (χ0v) is 13.9. The molecule has 1 aliphatic heterocycles. The molecule has 1 fully saturated rings. The second-order valence-electron chi connectivity index (χ2n) is 6.63. The molecule has 0 N–H and O–H groups in total. The zero-order valence-electron chi connectivity index (χ0n) is 13.9. The summed E-state index contributed by atoms with van der Waals surface area (Å²) in [7, 11) is 0. The van der Waals surface area contributed by atoms with Crippen molar-refractivity contribution in [2.45, 2.75) is 45.6 Å². The van der Waals surface area contributed by atoms with E-state index in [1.165, 1.54) is 11.1 Å². The predicted octanol–water partition coefficient (Wildman–Crippen LogP) is 5.08. The highest BCUT2D eigenvalue weighted by Gasteiger charge is 2.38. The molecule has 0 bridgehead atoms. The molecule has 1 saturated heterocycles. The highest BCUT2D eigenvalue weighted by molar-refractivity contribution is 5.96. The maximum absolute atomic E-state index is 12.4. The number of fused-ring (bicyclic) bond motifs is 1. The van der Waals surface area contributed by atoms with Crippen LogP contribution in [0.2, 0.25) is 0 Å². The van der Waals surface area contributed by atoms with Gasteiger partial charge >= 0.3 is 5.97 Å². The molecule has 1 heterocycles. The minimum absolute atomic E-state index is 0.108. The van der Waals surface area contributed by atoms with Crippen LogP contribution in [0.15, 0.2) is 59.2 Å². The second-order valence-corrected chi connectivity index (χ2v) is 6.63. The fourth-order valence-electron chi connectivity index (χ4n) is 3.36. The minimum Gasteiger partial charge on any atom is -0.454 e. The van der Waals surface area contributed by atoms with Gasteiger partial charge in [0.05, 0.1) is 0 Å². The van der Waals surface area contributed by atoms with Gasteiger partial charge < -0.3 is 4.74 Å². The standard InChI is InChI=1S/C21H24O2/c1-15-7-6-8-16(2)13-20-18(12-11-15)19(21(22)23-20)14-17-9-4-3-5-10-17/h3-5,7,9-10,13-14,18,20H,6,8,11-12H2,1-2H3/b15-7+,16-13+,19-14-/t18-,20+/m0/s1. The van der Waals surface area contributed by atoms with Crippen LogP contribution in [0, 0.1) is 5.92 Å². The number of esters is 1. The van der Waals surface area contributed by atoms with Crippen LogP contribution in [-0.2, 0) is 9.53 Å². The van der Waals surface area contributed by atoms with Crippen molar-refractivity contribution in [3.05, 3.63) is 64.8 Å². The van der Waals surface area contributed by atoms with Crippen molar-refractivity contribution in [3.63, 3.8) is 0 Å². The van der Waals surface area contributed by atoms with Crippen LogP contribution in [0.5, 0.6) is 0 Å². The first-order valence-electron chi connectivity index (χ1n) is 8.44. The molecule has 2 aliphatic rings. The van der Waals surface area contributed by atoms with Gasteiger partial charge in [0.25, 0.3) is 0 Å². The third-order valence-electron chi connectivity index (χ3n) is 4.73. The number of allylic oxidation sites excluding steroid dienone is 3. The maximum Gasteiger partial charge on any atom is 0.335 e. The average molecular weight is 308 g/mol. The van der Waals surface area contributed by atoms with Gasteiger partial charge in [-0.3, -0.25) is 0 Å². The predicted molar refractivity (Wildman–Crippen MR) is 93.8 cm³/mol. The van der Waals surface area contributed by atoms with Gasteiger partial charge in [-0.15, -0.1) is 0 Å². The lowest BCUT2D eigenvalue weighted by atomic mass is 9.86. The van der Waals surface area contributed by atoms with E-state index in [0.29, 0.717) is 0 Å². The molecular weight excluding hydrogens is 284 g/mol. The molecule has 0 radical (unpaired) electrons. The number of rotatable bonds is 1. The Morgan fingerprint density at radius 3 is 2.65 bits per heavy atom. The molecule has 2 atom stereocenters. The van der Waals surface area contributed by atoms with Crippen LogP contribution in [0.25, 0.3) is 6.08 Å². The summed E-state index contributed by atoms with van der Waals surface area (Å²) in [6.07, 6.45) is 10.5. The Bertz CT molecular complexity index is 664. The highest BCUT2D eigenvalue weighted by atomic mass is 16.5. The minimum atomic E-state index is -0.159. The Kier molecular flexibility index (Phi) is 4.80. The van der Waals surface area contributed by atoms with Crippen LogP contribution in [0.3, 0.4) is 0 Å². The quantitative estimate of drug-likeness (QED) is 0.411. The number of benzene rings is 1. The molecule has 0 spiro atoms. The van der Waals surface area contributed by atoms with E-state index in [4.69, 9.17) is 4.74 Å². The molecular formula is C21H24O2. The molecule has 0 amide bonds. The van der Waals surface area contributed by atoms with Crippen molar-refractivity contribution in [1.29, 1.82) is 0 Å². The van der Waals surface area contributed by atoms with Crippen LogP contribution >= 0.6 is 0 Å². The lowest BCUT2D eigenvalue weighted by Crippen LogP contribution is -2.15. The molecule has 3 rings (SSSR count). The van der Waals surface area contributed by atoms with E-state index in [-0.39, 0.29) is 18.0 Å². The largest absolute Gasteiger partial charge is 0.454 e. The molecule has 2 nitrogen and oxygen atoms in total. The van der Waals surface area contributed by atoms with Crippen LogP contribution < -0.4 is 0 Å². The van der Waals surface area contributed by atoms with Gasteiger partial charge in [-0.25, -0.2) is 4.79 Å². The van der Waals surface area contributed by atoms with Crippen molar-refractivity contribution in [2.24, 2.45) is 5.92 Å². The molecule has 1 aliphatic carbocycles. The number of hydrogen-bond donors (Lipinski definition) is 0. The van der Waals surface area contributed by atoms with Crippen molar-refractivity contribution >= 4 is 12.0 Å². The van der Waals surface area contributed by atoms with E-state index >= 15 is 0 Å². The monoisotopic (exact) mass is 308 g/mol. The van der Waals surface area contributed by atoms with E-state index in [9.17, 15) is 4.79 Å². The van der Waals surface area contributed by atoms with Crippen LogP contribution in [0.1, 0.15) is 45.1 Å². The molecule has 1 aromatic rings. The Morgan fingerprint density at radius 2 is 1.87 bits per heavy atom. The molecule has 1 aromatic carbocycles. The average Bonchev–Trinajstić information content (AvgIpc) is 2.81. The summed E-state index contributed by atoms with van der Waals surface area (Å²) in [5.74, 6) is -0.00658. The first kappa shape index (κ1) is 15.8. The lowest BCUT2D eigenvalue weighted by Gasteiger charge is -2.17. The summed E-state index contributed by atoms with van der Waals surface area (Å²) in [5.41, 5.74) is 4.60. The van der Waals surface area contributed by atoms with Crippen molar-refractivity contribution < 1.29 is 9.53 Å². The number of hydrogen-bond acceptors (Lipinski definition) is 2. The maximum atomic E-state index is 12.4. The summed E-state index contributed by atoms with van der Waals surface area (Å²) in [6, 6.07) is 10.0. The van der Waals surface area contributed by atoms with Gasteiger partial charge in [0.1, 0.15) is 6.10 Å². The fraction of sp³-hybridized carbons (Fsp3) is 0.381. The third kappa shape index (κ3) is 3.82. The molecule has 23 heavy (non-hydrogen) atoms. The summed E-state index contributed by atoms with van der Waals surface area (Å²) in [6.45, 7) is 4.32. The lowest BCUT2D eigenvalue weighted by molar-refractivity contribution is -0.137. The van der Waals surface area contributed by atoms with E-state index in [0.717, 1.165) is 36.8 Å². The topological polar surface area (TPSA) is 26.3 Å². The Morgan fingerprint density at radius 1 is 1.09 bits per heavy atom. The van der Waals surface area contributed by atoms with Crippen LogP contribution in [0.4, 0.5) is 0 Å².